The zero-order valence-electron chi connectivity index (χ0n) is 8.75. The smallest absolute Gasteiger partial charge is 0.0440 e. The molecule has 0 saturated heterocycles. The molecule has 0 amide bonds. The lowest BCUT2D eigenvalue weighted by molar-refractivity contribution is 0.624. The van der Waals surface area contributed by atoms with E-state index in [0.29, 0.717) is 5.92 Å². The topological polar surface area (TPSA) is 12.0 Å². The average Bonchev–Trinajstić information content (AvgIpc) is 3.12. The Labute approximate surface area is 95.8 Å². The first-order chi connectivity index (χ1) is 7.34. The molecule has 2 aliphatic rings. The van der Waals surface area contributed by atoms with Crippen LogP contribution in [0.5, 0.6) is 0 Å². The molecule has 1 nitrogen and oxygen atoms in total. The minimum atomic E-state index is 0.713. The summed E-state index contributed by atoms with van der Waals surface area (Å²) in [6, 6.07) is 9.10. The highest BCUT2D eigenvalue weighted by atomic mass is 35.5. The van der Waals surface area contributed by atoms with Crippen LogP contribution in [0.2, 0.25) is 5.02 Å². The molecule has 0 aliphatic heterocycles. The van der Waals surface area contributed by atoms with E-state index < -0.39 is 0 Å². The van der Waals surface area contributed by atoms with Crippen LogP contribution in [0.25, 0.3) is 0 Å². The highest BCUT2D eigenvalue weighted by molar-refractivity contribution is 6.31. The molecule has 2 saturated carbocycles. The van der Waals surface area contributed by atoms with Crippen LogP contribution in [-0.4, -0.2) is 12.6 Å². The summed E-state index contributed by atoms with van der Waals surface area (Å²) in [5.74, 6) is 1.54. The summed E-state index contributed by atoms with van der Waals surface area (Å²) in [5, 5.41) is 4.54. The zero-order valence-corrected chi connectivity index (χ0v) is 9.50. The van der Waals surface area contributed by atoms with Gasteiger partial charge < -0.3 is 5.32 Å². The Morgan fingerprint density at radius 1 is 1.27 bits per heavy atom. The third kappa shape index (κ3) is 2.19. The molecule has 1 aromatic rings. The Bertz CT molecular complexity index is 359. The van der Waals surface area contributed by atoms with Gasteiger partial charge in [-0.2, -0.15) is 0 Å². The fraction of sp³-hybridized carbons (Fsp3) is 0.538. The predicted molar refractivity (Wildman–Crippen MR) is 63.3 cm³/mol. The van der Waals surface area contributed by atoms with Crippen LogP contribution in [0.1, 0.15) is 30.7 Å². The molecule has 0 bridgehead atoms. The number of hydrogen-bond acceptors (Lipinski definition) is 1. The van der Waals surface area contributed by atoms with Gasteiger partial charge in [0.25, 0.3) is 0 Å². The number of rotatable bonds is 4. The molecule has 3 rings (SSSR count). The van der Waals surface area contributed by atoms with Gasteiger partial charge >= 0.3 is 0 Å². The Morgan fingerprint density at radius 3 is 2.80 bits per heavy atom. The standard InChI is InChI=1S/C13H16ClN/c14-13-4-2-1-3-11(13)12-7-9(12)8-15-10-5-6-10/h1-4,9-10,12,15H,5-8H2. The van der Waals surface area contributed by atoms with Crippen molar-refractivity contribution >= 4 is 11.6 Å². The molecule has 0 heterocycles. The maximum Gasteiger partial charge on any atom is 0.0440 e. The zero-order chi connectivity index (χ0) is 10.3. The lowest BCUT2D eigenvalue weighted by Gasteiger charge is -2.04. The van der Waals surface area contributed by atoms with Gasteiger partial charge in [0, 0.05) is 11.1 Å². The van der Waals surface area contributed by atoms with Crippen LogP contribution in [0.15, 0.2) is 24.3 Å². The lowest BCUT2D eigenvalue weighted by Crippen LogP contribution is -2.19. The fourth-order valence-corrected chi connectivity index (χ4v) is 2.51. The molecule has 2 fully saturated rings. The quantitative estimate of drug-likeness (QED) is 0.824. The summed E-state index contributed by atoms with van der Waals surface area (Å²) in [7, 11) is 0. The van der Waals surface area contributed by atoms with E-state index >= 15 is 0 Å². The molecule has 80 valence electrons. The first-order valence-electron chi connectivity index (χ1n) is 5.82. The van der Waals surface area contributed by atoms with Crippen molar-refractivity contribution in [1.29, 1.82) is 0 Å². The molecular formula is C13H16ClN. The molecule has 2 aliphatic carbocycles. The van der Waals surface area contributed by atoms with Gasteiger partial charge in [-0.25, -0.2) is 0 Å². The van der Waals surface area contributed by atoms with Crippen LogP contribution in [0, 0.1) is 5.92 Å². The molecule has 0 radical (unpaired) electrons. The van der Waals surface area contributed by atoms with Crippen molar-refractivity contribution in [2.45, 2.75) is 31.2 Å². The Morgan fingerprint density at radius 2 is 2.07 bits per heavy atom. The van der Waals surface area contributed by atoms with E-state index in [0.717, 1.165) is 17.0 Å². The summed E-state index contributed by atoms with van der Waals surface area (Å²) < 4.78 is 0. The van der Waals surface area contributed by atoms with Gasteiger partial charge in [-0.3, -0.25) is 0 Å². The summed E-state index contributed by atoms with van der Waals surface area (Å²) in [6.45, 7) is 1.18. The van der Waals surface area contributed by atoms with Crippen LogP contribution >= 0.6 is 11.6 Å². The van der Waals surface area contributed by atoms with Crippen molar-refractivity contribution < 1.29 is 0 Å². The summed E-state index contributed by atoms with van der Waals surface area (Å²) in [5.41, 5.74) is 1.35. The first kappa shape index (κ1) is 9.68. The van der Waals surface area contributed by atoms with Crippen molar-refractivity contribution in [2.24, 2.45) is 5.92 Å². The Kier molecular flexibility index (Phi) is 2.45. The highest BCUT2D eigenvalue weighted by Gasteiger charge is 2.39. The molecule has 15 heavy (non-hydrogen) atoms. The molecule has 2 unspecified atom stereocenters. The molecule has 1 N–H and O–H groups in total. The van der Waals surface area contributed by atoms with E-state index in [9.17, 15) is 0 Å². The van der Waals surface area contributed by atoms with Crippen LogP contribution < -0.4 is 5.32 Å². The van der Waals surface area contributed by atoms with Crippen LogP contribution in [0.4, 0.5) is 0 Å². The van der Waals surface area contributed by atoms with Gasteiger partial charge in [-0.05, 0) is 49.3 Å². The van der Waals surface area contributed by atoms with Gasteiger partial charge in [0.15, 0.2) is 0 Å². The molecule has 0 spiro atoms. The predicted octanol–water partition coefficient (Wildman–Crippen LogP) is 3.20. The Hall–Kier alpha value is -0.530. The monoisotopic (exact) mass is 221 g/mol. The minimum Gasteiger partial charge on any atom is -0.314 e. The van der Waals surface area contributed by atoms with Crippen molar-refractivity contribution in [3.8, 4) is 0 Å². The van der Waals surface area contributed by atoms with Gasteiger partial charge in [0.1, 0.15) is 0 Å². The highest BCUT2D eigenvalue weighted by Crippen LogP contribution is 2.49. The third-order valence-corrected chi connectivity index (χ3v) is 3.82. The first-order valence-corrected chi connectivity index (χ1v) is 6.20. The maximum atomic E-state index is 6.18. The van der Waals surface area contributed by atoms with Crippen molar-refractivity contribution in [2.75, 3.05) is 6.54 Å². The van der Waals surface area contributed by atoms with E-state index in [-0.39, 0.29) is 0 Å². The van der Waals surface area contributed by atoms with E-state index in [2.05, 4.69) is 17.4 Å². The third-order valence-electron chi connectivity index (χ3n) is 3.47. The van der Waals surface area contributed by atoms with Crippen LogP contribution in [0.3, 0.4) is 0 Å². The second-order valence-electron chi connectivity index (χ2n) is 4.81. The lowest BCUT2D eigenvalue weighted by atomic mass is 10.1. The van der Waals surface area contributed by atoms with E-state index in [1.165, 1.54) is 31.4 Å². The minimum absolute atomic E-state index is 0.713. The maximum absolute atomic E-state index is 6.18. The van der Waals surface area contributed by atoms with Crippen molar-refractivity contribution in [1.82, 2.24) is 5.32 Å². The Balaban J connectivity index is 1.58. The van der Waals surface area contributed by atoms with Crippen molar-refractivity contribution in [3.63, 3.8) is 0 Å². The molecular weight excluding hydrogens is 206 g/mol. The largest absolute Gasteiger partial charge is 0.314 e. The normalized spacial score (nSPS) is 29.1. The van der Waals surface area contributed by atoms with E-state index in [1.54, 1.807) is 0 Å². The van der Waals surface area contributed by atoms with Crippen LogP contribution in [-0.2, 0) is 0 Å². The van der Waals surface area contributed by atoms with Gasteiger partial charge in [-0.1, -0.05) is 29.8 Å². The second kappa shape index (κ2) is 3.80. The average molecular weight is 222 g/mol. The summed E-state index contributed by atoms with van der Waals surface area (Å²) in [6.07, 6.45) is 4.07. The number of hydrogen-bond donors (Lipinski definition) is 1. The van der Waals surface area contributed by atoms with E-state index in [4.69, 9.17) is 11.6 Å². The fourth-order valence-electron chi connectivity index (χ4n) is 2.24. The SMILES string of the molecule is Clc1ccccc1C1CC1CNC1CC1. The number of benzene rings is 1. The van der Waals surface area contributed by atoms with Crippen molar-refractivity contribution in [3.05, 3.63) is 34.9 Å². The molecule has 2 atom stereocenters. The number of nitrogens with one attached hydrogen (secondary N) is 1. The summed E-state index contributed by atoms with van der Waals surface area (Å²) in [4.78, 5) is 0. The van der Waals surface area contributed by atoms with Gasteiger partial charge in [0.05, 0.1) is 0 Å². The molecule has 0 aromatic heterocycles. The number of halogens is 1. The second-order valence-corrected chi connectivity index (χ2v) is 5.21. The van der Waals surface area contributed by atoms with Gasteiger partial charge in [0.2, 0.25) is 0 Å². The molecule has 1 aromatic carbocycles. The van der Waals surface area contributed by atoms with Gasteiger partial charge in [-0.15, -0.1) is 0 Å². The summed E-state index contributed by atoms with van der Waals surface area (Å²) >= 11 is 6.18. The van der Waals surface area contributed by atoms with E-state index in [1.807, 2.05) is 12.1 Å². The molecule has 2 heteroatoms.